The van der Waals surface area contributed by atoms with Crippen LogP contribution in [0.15, 0.2) is 60.9 Å². The Morgan fingerprint density at radius 2 is 2.07 bits per heavy atom. The van der Waals surface area contributed by atoms with E-state index in [-0.39, 0.29) is 11.7 Å². The van der Waals surface area contributed by atoms with Gasteiger partial charge in [0, 0.05) is 36.6 Å². The van der Waals surface area contributed by atoms with Crippen LogP contribution < -0.4 is 0 Å². The number of amides is 1. The van der Waals surface area contributed by atoms with Crippen LogP contribution in [-0.2, 0) is 6.42 Å². The summed E-state index contributed by atoms with van der Waals surface area (Å²) in [5, 5.41) is 0. The van der Waals surface area contributed by atoms with Gasteiger partial charge in [-0.3, -0.25) is 4.79 Å². The number of nitrogens with zero attached hydrogens (tertiary/aromatic N) is 2. The van der Waals surface area contributed by atoms with E-state index in [1.165, 1.54) is 12.1 Å². The molecule has 1 aliphatic rings. The summed E-state index contributed by atoms with van der Waals surface area (Å²) in [6.45, 7) is 1.59. The van der Waals surface area contributed by atoms with Gasteiger partial charge < -0.3 is 9.88 Å². The number of benzene rings is 2. The standard InChI is InChI=1S/C23H24FN3O/c24-21-10-8-17(9-11-21)6-7-18-3-2-14-27(16-18)23(28)20-5-1-4-19(15-20)22-25-12-13-26-22/h1,4-5,8-13,15,18H,2-3,6-7,14,16H2,(H,25,26)/t18-/m1/s1. The second-order valence-electron chi connectivity index (χ2n) is 7.44. The smallest absolute Gasteiger partial charge is 0.253 e. The summed E-state index contributed by atoms with van der Waals surface area (Å²) in [5.41, 5.74) is 2.77. The first-order chi connectivity index (χ1) is 13.7. The van der Waals surface area contributed by atoms with Crippen LogP contribution in [0.2, 0.25) is 0 Å². The van der Waals surface area contributed by atoms with Gasteiger partial charge in [-0.2, -0.15) is 0 Å². The van der Waals surface area contributed by atoms with E-state index >= 15 is 0 Å². The number of hydrogen-bond donors (Lipinski definition) is 1. The fraction of sp³-hybridized carbons (Fsp3) is 0.304. The molecule has 1 amide bonds. The van der Waals surface area contributed by atoms with Crippen LogP contribution in [0.3, 0.4) is 0 Å². The highest BCUT2D eigenvalue weighted by Crippen LogP contribution is 2.24. The van der Waals surface area contributed by atoms with E-state index in [4.69, 9.17) is 0 Å². The number of likely N-dealkylation sites (tertiary alicyclic amines) is 1. The van der Waals surface area contributed by atoms with Gasteiger partial charge in [0.1, 0.15) is 11.6 Å². The molecule has 28 heavy (non-hydrogen) atoms. The van der Waals surface area contributed by atoms with Crippen LogP contribution in [0, 0.1) is 11.7 Å². The number of aromatic amines is 1. The van der Waals surface area contributed by atoms with E-state index in [0.717, 1.165) is 55.7 Å². The zero-order chi connectivity index (χ0) is 19.3. The van der Waals surface area contributed by atoms with Crippen LogP contribution >= 0.6 is 0 Å². The number of halogens is 1. The van der Waals surface area contributed by atoms with Crippen molar-refractivity contribution >= 4 is 5.91 Å². The van der Waals surface area contributed by atoms with Gasteiger partial charge in [-0.1, -0.05) is 24.3 Å². The molecule has 1 fully saturated rings. The van der Waals surface area contributed by atoms with Gasteiger partial charge in [0.15, 0.2) is 0 Å². The Bertz CT molecular complexity index is 921. The van der Waals surface area contributed by atoms with Crippen molar-refractivity contribution in [3.8, 4) is 11.4 Å². The lowest BCUT2D eigenvalue weighted by Crippen LogP contribution is -2.40. The Morgan fingerprint density at radius 3 is 2.86 bits per heavy atom. The van der Waals surface area contributed by atoms with Crippen LogP contribution in [-0.4, -0.2) is 33.9 Å². The number of H-pyrrole nitrogens is 1. The van der Waals surface area contributed by atoms with Crippen molar-refractivity contribution in [2.24, 2.45) is 5.92 Å². The summed E-state index contributed by atoms with van der Waals surface area (Å²) < 4.78 is 13.1. The lowest BCUT2D eigenvalue weighted by Gasteiger charge is -2.33. The number of aryl methyl sites for hydroxylation is 1. The highest BCUT2D eigenvalue weighted by molar-refractivity contribution is 5.95. The predicted molar refractivity (Wildman–Crippen MR) is 107 cm³/mol. The van der Waals surface area contributed by atoms with Crippen molar-refractivity contribution in [1.29, 1.82) is 0 Å². The molecule has 4 rings (SSSR count). The topological polar surface area (TPSA) is 49.0 Å². The van der Waals surface area contributed by atoms with Crippen molar-refractivity contribution in [2.45, 2.75) is 25.7 Å². The summed E-state index contributed by atoms with van der Waals surface area (Å²) in [6.07, 6.45) is 7.58. The summed E-state index contributed by atoms with van der Waals surface area (Å²) >= 11 is 0. The first-order valence-electron chi connectivity index (χ1n) is 9.82. The molecular formula is C23H24FN3O. The van der Waals surface area contributed by atoms with Gasteiger partial charge in [-0.05, 0) is 61.4 Å². The number of imidazole rings is 1. The zero-order valence-electron chi connectivity index (χ0n) is 15.8. The lowest BCUT2D eigenvalue weighted by molar-refractivity contribution is 0.0668. The van der Waals surface area contributed by atoms with Gasteiger partial charge in [-0.25, -0.2) is 9.37 Å². The predicted octanol–water partition coefficient (Wildman–Crippen LogP) is 4.70. The minimum Gasteiger partial charge on any atom is -0.345 e. The molecule has 1 N–H and O–H groups in total. The first kappa shape index (κ1) is 18.4. The van der Waals surface area contributed by atoms with Gasteiger partial charge in [0.2, 0.25) is 0 Å². The minimum atomic E-state index is -0.199. The number of carbonyl (C=O) groups excluding carboxylic acids is 1. The van der Waals surface area contributed by atoms with E-state index < -0.39 is 0 Å². The maximum absolute atomic E-state index is 13.1. The SMILES string of the molecule is O=C(c1cccc(-c2ncc[nH]2)c1)N1CCC[C@H](CCc2ccc(F)cc2)C1. The number of aromatic nitrogens is 2. The highest BCUT2D eigenvalue weighted by atomic mass is 19.1. The average Bonchev–Trinajstić information content (AvgIpc) is 3.28. The molecule has 4 nitrogen and oxygen atoms in total. The molecule has 1 aromatic heterocycles. The normalized spacial score (nSPS) is 16.9. The monoisotopic (exact) mass is 377 g/mol. The molecule has 2 heterocycles. The Morgan fingerprint density at radius 1 is 1.21 bits per heavy atom. The zero-order valence-corrected chi connectivity index (χ0v) is 15.8. The molecule has 0 saturated carbocycles. The second-order valence-corrected chi connectivity index (χ2v) is 7.44. The molecule has 1 saturated heterocycles. The molecule has 3 aromatic rings. The van der Waals surface area contributed by atoms with E-state index in [0.29, 0.717) is 11.5 Å². The largest absolute Gasteiger partial charge is 0.345 e. The molecule has 144 valence electrons. The second kappa shape index (κ2) is 8.38. The van der Waals surface area contributed by atoms with Crippen molar-refractivity contribution in [1.82, 2.24) is 14.9 Å². The summed E-state index contributed by atoms with van der Waals surface area (Å²) in [4.78, 5) is 22.4. The number of rotatable bonds is 5. The fourth-order valence-corrected chi connectivity index (χ4v) is 3.91. The summed E-state index contributed by atoms with van der Waals surface area (Å²) in [7, 11) is 0. The number of piperidine rings is 1. The summed E-state index contributed by atoms with van der Waals surface area (Å²) in [6, 6.07) is 14.4. The van der Waals surface area contributed by atoms with Crippen LogP contribution in [0.4, 0.5) is 4.39 Å². The van der Waals surface area contributed by atoms with Gasteiger partial charge in [0.25, 0.3) is 5.91 Å². The molecule has 1 atom stereocenters. The molecular weight excluding hydrogens is 353 g/mol. The highest BCUT2D eigenvalue weighted by Gasteiger charge is 2.24. The van der Waals surface area contributed by atoms with E-state index in [1.807, 2.05) is 41.3 Å². The third-order valence-corrected chi connectivity index (χ3v) is 5.44. The first-order valence-corrected chi connectivity index (χ1v) is 9.82. The van der Waals surface area contributed by atoms with Gasteiger partial charge in [-0.15, -0.1) is 0 Å². The van der Waals surface area contributed by atoms with Crippen molar-refractivity contribution in [3.05, 3.63) is 77.9 Å². The van der Waals surface area contributed by atoms with E-state index in [2.05, 4.69) is 9.97 Å². The van der Waals surface area contributed by atoms with Crippen LogP contribution in [0.25, 0.3) is 11.4 Å². The Labute approximate surface area is 164 Å². The number of hydrogen-bond acceptors (Lipinski definition) is 2. The molecule has 0 bridgehead atoms. The maximum atomic E-state index is 13.1. The Balaban J connectivity index is 1.39. The Kier molecular flexibility index (Phi) is 5.51. The van der Waals surface area contributed by atoms with E-state index in [1.54, 1.807) is 12.4 Å². The van der Waals surface area contributed by atoms with Gasteiger partial charge in [0.05, 0.1) is 0 Å². The molecule has 0 aliphatic carbocycles. The molecule has 1 aliphatic heterocycles. The molecule has 5 heteroatoms. The minimum absolute atomic E-state index is 0.0832. The third-order valence-electron chi connectivity index (χ3n) is 5.44. The number of nitrogens with one attached hydrogen (secondary N) is 1. The molecule has 0 spiro atoms. The number of carbonyl (C=O) groups is 1. The summed E-state index contributed by atoms with van der Waals surface area (Å²) in [5.74, 6) is 1.14. The lowest BCUT2D eigenvalue weighted by atomic mass is 9.91. The van der Waals surface area contributed by atoms with Crippen molar-refractivity contribution in [3.63, 3.8) is 0 Å². The third kappa shape index (κ3) is 4.30. The molecule has 2 aromatic carbocycles. The van der Waals surface area contributed by atoms with Gasteiger partial charge >= 0.3 is 0 Å². The van der Waals surface area contributed by atoms with Crippen LogP contribution in [0.5, 0.6) is 0 Å². The van der Waals surface area contributed by atoms with Crippen molar-refractivity contribution < 1.29 is 9.18 Å². The Hall–Kier alpha value is -2.95. The fourth-order valence-electron chi connectivity index (χ4n) is 3.91. The quantitative estimate of drug-likeness (QED) is 0.701. The maximum Gasteiger partial charge on any atom is 0.253 e. The van der Waals surface area contributed by atoms with Crippen LogP contribution in [0.1, 0.15) is 35.2 Å². The van der Waals surface area contributed by atoms with Crippen molar-refractivity contribution in [2.75, 3.05) is 13.1 Å². The average molecular weight is 377 g/mol. The molecule has 0 unspecified atom stereocenters. The van der Waals surface area contributed by atoms with E-state index in [9.17, 15) is 9.18 Å². The molecule has 0 radical (unpaired) electrons.